The molecule has 0 radical (unpaired) electrons. The maximum Gasteiger partial charge on any atom is 0.236 e. The molecule has 0 unspecified atom stereocenters. The number of rotatable bonds is 6. The van der Waals surface area contributed by atoms with E-state index in [4.69, 9.17) is 0 Å². The standard InChI is InChI=1S/C17H26FN3O/c1-19-11-14-7-9-21(10-8-14)13-17(22)20(2)12-15-5-3-4-6-16(15)18/h3-6,14,19H,7-13H2,1-2H3. The molecule has 1 saturated heterocycles. The molecule has 1 aliphatic heterocycles. The van der Waals surface area contributed by atoms with Gasteiger partial charge in [0.2, 0.25) is 5.91 Å². The van der Waals surface area contributed by atoms with Crippen LogP contribution in [0.3, 0.4) is 0 Å². The van der Waals surface area contributed by atoms with Gasteiger partial charge in [0, 0.05) is 19.2 Å². The van der Waals surface area contributed by atoms with Crippen molar-refractivity contribution in [3.63, 3.8) is 0 Å². The van der Waals surface area contributed by atoms with E-state index in [0.29, 0.717) is 24.6 Å². The normalized spacial score (nSPS) is 16.7. The molecule has 1 fully saturated rings. The van der Waals surface area contributed by atoms with Crippen molar-refractivity contribution in [2.75, 3.05) is 40.3 Å². The summed E-state index contributed by atoms with van der Waals surface area (Å²) in [5.74, 6) is 0.512. The minimum absolute atomic E-state index is 0.0512. The number of hydrogen-bond donors (Lipinski definition) is 1. The summed E-state index contributed by atoms with van der Waals surface area (Å²) in [6.45, 7) is 3.73. The number of amides is 1. The number of hydrogen-bond acceptors (Lipinski definition) is 3. The third-order valence-corrected chi connectivity index (χ3v) is 4.35. The number of nitrogens with one attached hydrogen (secondary N) is 1. The van der Waals surface area contributed by atoms with Gasteiger partial charge in [-0.25, -0.2) is 4.39 Å². The molecule has 0 atom stereocenters. The van der Waals surface area contributed by atoms with E-state index >= 15 is 0 Å². The van der Waals surface area contributed by atoms with Crippen LogP contribution < -0.4 is 5.32 Å². The summed E-state index contributed by atoms with van der Waals surface area (Å²) >= 11 is 0. The second-order valence-corrected chi connectivity index (χ2v) is 6.12. The average Bonchev–Trinajstić information content (AvgIpc) is 2.51. The Morgan fingerprint density at radius 1 is 1.36 bits per heavy atom. The van der Waals surface area contributed by atoms with E-state index in [2.05, 4.69) is 10.2 Å². The summed E-state index contributed by atoms with van der Waals surface area (Å²) in [6, 6.07) is 6.61. The van der Waals surface area contributed by atoms with E-state index in [9.17, 15) is 9.18 Å². The first kappa shape index (κ1) is 16.9. The fourth-order valence-electron chi connectivity index (χ4n) is 2.92. The van der Waals surface area contributed by atoms with Crippen molar-refractivity contribution in [2.24, 2.45) is 5.92 Å². The van der Waals surface area contributed by atoms with Crippen molar-refractivity contribution in [1.82, 2.24) is 15.1 Å². The van der Waals surface area contributed by atoms with Gasteiger partial charge in [0.1, 0.15) is 5.82 Å². The van der Waals surface area contributed by atoms with Gasteiger partial charge in [-0.2, -0.15) is 0 Å². The first-order chi connectivity index (χ1) is 10.6. The first-order valence-electron chi connectivity index (χ1n) is 7.94. The Bertz CT molecular complexity index is 487. The Kier molecular flexibility index (Phi) is 6.34. The van der Waals surface area contributed by atoms with Gasteiger partial charge in [-0.1, -0.05) is 18.2 Å². The van der Waals surface area contributed by atoms with Gasteiger partial charge in [-0.05, 0) is 51.5 Å². The van der Waals surface area contributed by atoms with Crippen LogP contribution in [-0.2, 0) is 11.3 Å². The van der Waals surface area contributed by atoms with Crippen molar-refractivity contribution < 1.29 is 9.18 Å². The highest BCUT2D eigenvalue weighted by Crippen LogP contribution is 2.16. The number of benzene rings is 1. The number of likely N-dealkylation sites (N-methyl/N-ethyl adjacent to an activating group) is 1. The van der Waals surface area contributed by atoms with Crippen LogP contribution in [0.25, 0.3) is 0 Å². The fourth-order valence-corrected chi connectivity index (χ4v) is 2.92. The number of likely N-dealkylation sites (tertiary alicyclic amines) is 1. The van der Waals surface area contributed by atoms with Gasteiger partial charge < -0.3 is 10.2 Å². The van der Waals surface area contributed by atoms with Crippen LogP contribution in [0.2, 0.25) is 0 Å². The number of halogens is 1. The summed E-state index contributed by atoms with van der Waals surface area (Å²) in [5, 5.41) is 3.21. The number of carbonyl (C=O) groups is 1. The van der Waals surface area contributed by atoms with Gasteiger partial charge in [0.25, 0.3) is 0 Å². The first-order valence-corrected chi connectivity index (χ1v) is 7.94. The molecule has 2 rings (SSSR count). The van der Waals surface area contributed by atoms with E-state index in [-0.39, 0.29) is 11.7 Å². The predicted molar refractivity (Wildman–Crippen MR) is 86.0 cm³/mol. The van der Waals surface area contributed by atoms with Crippen molar-refractivity contribution in [2.45, 2.75) is 19.4 Å². The quantitative estimate of drug-likeness (QED) is 0.869. The van der Waals surface area contributed by atoms with Gasteiger partial charge in [-0.3, -0.25) is 9.69 Å². The Morgan fingerprint density at radius 2 is 2.05 bits per heavy atom. The molecule has 1 aromatic carbocycles. The van der Waals surface area contributed by atoms with Gasteiger partial charge >= 0.3 is 0 Å². The average molecular weight is 307 g/mol. The second-order valence-electron chi connectivity index (χ2n) is 6.12. The highest BCUT2D eigenvalue weighted by Gasteiger charge is 2.21. The molecule has 0 spiro atoms. The fraction of sp³-hybridized carbons (Fsp3) is 0.588. The van der Waals surface area contributed by atoms with E-state index in [1.54, 1.807) is 30.1 Å². The van der Waals surface area contributed by atoms with E-state index in [1.165, 1.54) is 6.07 Å². The minimum Gasteiger partial charge on any atom is -0.340 e. The maximum absolute atomic E-state index is 13.6. The SMILES string of the molecule is CNCC1CCN(CC(=O)N(C)Cc2ccccc2F)CC1. The molecule has 0 aromatic heterocycles. The lowest BCUT2D eigenvalue weighted by Crippen LogP contribution is -2.43. The van der Waals surface area contributed by atoms with Crippen LogP contribution in [0, 0.1) is 11.7 Å². The van der Waals surface area contributed by atoms with Crippen molar-refractivity contribution >= 4 is 5.91 Å². The molecule has 4 nitrogen and oxygen atoms in total. The number of nitrogens with zero attached hydrogens (tertiary/aromatic N) is 2. The summed E-state index contributed by atoms with van der Waals surface area (Å²) in [5.41, 5.74) is 0.561. The zero-order valence-corrected chi connectivity index (χ0v) is 13.5. The molecular formula is C17H26FN3O. The molecule has 1 heterocycles. The Morgan fingerprint density at radius 3 is 2.68 bits per heavy atom. The smallest absolute Gasteiger partial charge is 0.236 e. The second kappa shape index (κ2) is 8.25. The van der Waals surface area contributed by atoms with Crippen LogP contribution in [0.1, 0.15) is 18.4 Å². The number of piperidine rings is 1. The van der Waals surface area contributed by atoms with Crippen LogP contribution in [0.5, 0.6) is 0 Å². The molecule has 122 valence electrons. The highest BCUT2D eigenvalue weighted by molar-refractivity contribution is 5.78. The molecule has 0 saturated carbocycles. The molecular weight excluding hydrogens is 281 g/mol. The third kappa shape index (κ3) is 4.78. The zero-order valence-electron chi connectivity index (χ0n) is 13.5. The van der Waals surface area contributed by atoms with Gasteiger partial charge in [0.05, 0.1) is 6.54 Å². The van der Waals surface area contributed by atoms with Crippen molar-refractivity contribution in [3.05, 3.63) is 35.6 Å². The topological polar surface area (TPSA) is 35.6 Å². The molecule has 1 aliphatic rings. The lowest BCUT2D eigenvalue weighted by atomic mass is 9.97. The molecule has 22 heavy (non-hydrogen) atoms. The van der Waals surface area contributed by atoms with Crippen LogP contribution >= 0.6 is 0 Å². The Balaban J connectivity index is 1.79. The predicted octanol–water partition coefficient (Wildman–Crippen LogP) is 1.72. The summed E-state index contributed by atoms with van der Waals surface area (Å²) in [7, 11) is 3.72. The summed E-state index contributed by atoms with van der Waals surface area (Å²) in [6.07, 6.45) is 2.26. The van der Waals surface area contributed by atoms with E-state index in [0.717, 1.165) is 32.5 Å². The molecule has 0 bridgehead atoms. The Labute approximate surface area is 132 Å². The highest BCUT2D eigenvalue weighted by atomic mass is 19.1. The molecule has 5 heteroatoms. The third-order valence-electron chi connectivity index (χ3n) is 4.35. The largest absolute Gasteiger partial charge is 0.340 e. The van der Waals surface area contributed by atoms with E-state index in [1.807, 2.05) is 7.05 Å². The van der Waals surface area contributed by atoms with Crippen molar-refractivity contribution in [1.29, 1.82) is 0 Å². The molecule has 1 amide bonds. The molecule has 1 N–H and O–H groups in total. The van der Waals surface area contributed by atoms with E-state index < -0.39 is 0 Å². The summed E-state index contributed by atoms with van der Waals surface area (Å²) < 4.78 is 13.6. The monoisotopic (exact) mass is 307 g/mol. The van der Waals surface area contributed by atoms with Crippen LogP contribution in [0.4, 0.5) is 4.39 Å². The molecule has 0 aliphatic carbocycles. The van der Waals surface area contributed by atoms with Crippen LogP contribution in [0.15, 0.2) is 24.3 Å². The maximum atomic E-state index is 13.6. The number of carbonyl (C=O) groups excluding carboxylic acids is 1. The lowest BCUT2D eigenvalue weighted by molar-refractivity contribution is -0.132. The van der Waals surface area contributed by atoms with Crippen molar-refractivity contribution in [3.8, 4) is 0 Å². The van der Waals surface area contributed by atoms with Gasteiger partial charge in [-0.15, -0.1) is 0 Å². The zero-order chi connectivity index (χ0) is 15.9. The minimum atomic E-state index is -0.255. The molecule has 1 aromatic rings. The lowest BCUT2D eigenvalue weighted by Gasteiger charge is -2.32. The van der Waals surface area contributed by atoms with Gasteiger partial charge in [0.15, 0.2) is 0 Å². The van der Waals surface area contributed by atoms with Crippen LogP contribution in [-0.4, -0.2) is 56.0 Å². The Hall–Kier alpha value is -1.46. The summed E-state index contributed by atoms with van der Waals surface area (Å²) in [4.78, 5) is 16.1.